The van der Waals surface area contributed by atoms with Crippen molar-refractivity contribution >= 4 is 16.8 Å². The van der Waals surface area contributed by atoms with E-state index in [2.05, 4.69) is 10.3 Å². The minimum Gasteiger partial charge on any atom is -0.467 e. The summed E-state index contributed by atoms with van der Waals surface area (Å²) in [5.74, 6) is 0.293. The molecule has 3 N–H and O–H groups in total. The average molecular weight is 298 g/mol. The molecular formula is C17H18N2O3. The number of hydrogen-bond acceptors (Lipinski definition) is 3. The maximum Gasteiger partial charge on any atom is 0.251 e. The predicted molar refractivity (Wildman–Crippen MR) is 83.8 cm³/mol. The van der Waals surface area contributed by atoms with Crippen LogP contribution in [0.25, 0.3) is 10.9 Å². The summed E-state index contributed by atoms with van der Waals surface area (Å²) < 4.78 is 5.24. The van der Waals surface area contributed by atoms with Crippen molar-refractivity contribution in [1.29, 1.82) is 0 Å². The number of rotatable bonds is 4. The number of nitrogens with one attached hydrogen (secondary N) is 2. The number of aryl methyl sites for hydroxylation is 2. The van der Waals surface area contributed by atoms with Crippen LogP contribution in [0.15, 0.2) is 41.0 Å². The molecule has 0 saturated carbocycles. The second-order valence-electron chi connectivity index (χ2n) is 5.36. The molecule has 0 aliphatic carbocycles. The summed E-state index contributed by atoms with van der Waals surface area (Å²) in [6.07, 6.45) is 1.52. The summed E-state index contributed by atoms with van der Waals surface area (Å²) in [7, 11) is 0. The zero-order valence-electron chi connectivity index (χ0n) is 12.5. The highest BCUT2D eigenvalue weighted by Crippen LogP contribution is 2.23. The lowest BCUT2D eigenvalue weighted by Gasteiger charge is -2.14. The maximum atomic E-state index is 12.4. The van der Waals surface area contributed by atoms with Gasteiger partial charge in [0.25, 0.3) is 5.91 Å². The molecule has 5 heteroatoms. The normalized spacial score (nSPS) is 12.5. The Labute approximate surface area is 128 Å². The van der Waals surface area contributed by atoms with Crippen molar-refractivity contribution in [2.75, 3.05) is 6.61 Å². The van der Waals surface area contributed by atoms with Gasteiger partial charge in [-0.3, -0.25) is 4.79 Å². The number of carbonyl (C=O) groups excluding carboxylic acids is 1. The van der Waals surface area contributed by atoms with Gasteiger partial charge in [0.05, 0.1) is 12.9 Å². The van der Waals surface area contributed by atoms with Gasteiger partial charge in [-0.25, -0.2) is 0 Å². The van der Waals surface area contributed by atoms with Crippen molar-refractivity contribution in [2.24, 2.45) is 0 Å². The van der Waals surface area contributed by atoms with Crippen LogP contribution in [0.2, 0.25) is 0 Å². The van der Waals surface area contributed by atoms with Crippen molar-refractivity contribution in [3.05, 3.63) is 59.2 Å². The molecule has 1 unspecified atom stereocenters. The average Bonchev–Trinajstić information content (AvgIpc) is 3.14. The summed E-state index contributed by atoms with van der Waals surface area (Å²) in [6, 6.07) is 8.42. The number of aliphatic hydroxyl groups is 1. The number of fused-ring (bicyclic) bond motifs is 1. The molecule has 0 saturated heterocycles. The van der Waals surface area contributed by atoms with E-state index in [-0.39, 0.29) is 12.5 Å². The van der Waals surface area contributed by atoms with Gasteiger partial charge in [0.1, 0.15) is 11.8 Å². The molecule has 0 bridgehead atoms. The van der Waals surface area contributed by atoms with Crippen LogP contribution in [0.4, 0.5) is 0 Å². The quantitative estimate of drug-likeness (QED) is 0.693. The Morgan fingerprint density at radius 3 is 2.86 bits per heavy atom. The van der Waals surface area contributed by atoms with Crippen molar-refractivity contribution in [3.8, 4) is 0 Å². The molecule has 0 aliphatic heterocycles. The van der Waals surface area contributed by atoms with Gasteiger partial charge in [0.2, 0.25) is 0 Å². The number of benzene rings is 1. The Bertz CT molecular complexity index is 803. The Morgan fingerprint density at radius 1 is 1.36 bits per heavy atom. The van der Waals surface area contributed by atoms with Crippen LogP contribution in [0.1, 0.15) is 33.4 Å². The molecule has 1 amide bonds. The Morgan fingerprint density at radius 2 is 2.18 bits per heavy atom. The first-order chi connectivity index (χ1) is 10.6. The Hall–Kier alpha value is -2.53. The largest absolute Gasteiger partial charge is 0.467 e. The molecule has 3 aromatic rings. The molecule has 22 heavy (non-hydrogen) atoms. The summed E-state index contributed by atoms with van der Waals surface area (Å²) in [5, 5.41) is 13.2. The van der Waals surface area contributed by atoms with E-state index in [0.717, 1.165) is 22.2 Å². The predicted octanol–water partition coefficient (Wildman–Crippen LogP) is 2.84. The minimum atomic E-state index is -0.549. The smallest absolute Gasteiger partial charge is 0.251 e. The first-order valence-electron chi connectivity index (χ1n) is 7.14. The topological polar surface area (TPSA) is 78.3 Å². The number of hydrogen-bond donors (Lipinski definition) is 3. The Balaban J connectivity index is 1.87. The van der Waals surface area contributed by atoms with Gasteiger partial charge in [0, 0.05) is 22.2 Å². The number of H-pyrrole nitrogens is 1. The number of furan rings is 1. The molecule has 114 valence electrons. The Kier molecular flexibility index (Phi) is 3.73. The number of aliphatic hydroxyl groups excluding tert-OH is 1. The zero-order chi connectivity index (χ0) is 15.7. The summed E-state index contributed by atoms with van der Waals surface area (Å²) >= 11 is 0. The third-order valence-electron chi connectivity index (χ3n) is 3.94. The van der Waals surface area contributed by atoms with E-state index in [9.17, 15) is 9.90 Å². The molecular weight excluding hydrogens is 280 g/mol. The van der Waals surface area contributed by atoms with E-state index in [1.807, 2.05) is 26.0 Å². The highest BCUT2D eigenvalue weighted by molar-refractivity contribution is 5.99. The van der Waals surface area contributed by atoms with Crippen LogP contribution in [-0.2, 0) is 0 Å². The molecule has 2 aromatic heterocycles. The maximum absolute atomic E-state index is 12.4. The van der Waals surface area contributed by atoms with Crippen LogP contribution < -0.4 is 5.32 Å². The standard InChI is InChI=1S/C17H18N2O3/c1-10-11(2)18-14-6-5-12(8-13(10)14)17(21)19-15(9-20)16-4-3-7-22-16/h3-8,15,18,20H,9H2,1-2H3,(H,19,21). The number of amides is 1. The number of aromatic nitrogens is 1. The SMILES string of the molecule is Cc1[nH]c2ccc(C(=O)NC(CO)c3ccco3)cc2c1C. The molecule has 1 atom stereocenters. The molecule has 0 fully saturated rings. The lowest BCUT2D eigenvalue weighted by molar-refractivity contribution is 0.0907. The van der Waals surface area contributed by atoms with E-state index in [0.29, 0.717) is 11.3 Å². The third-order valence-corrected chi connectivity index (χ3v) is 3.94. The van der Waals surface area contributed by atoms with Gasteiger partial charge in [-0.05, 0) is 49.7 Å². The van der Waals surface area contributed by atoms with Crippen LogP contribution in [0.5, 0.6) is 0 Å². The van der Waals surface area contributed by atoms with Crippen molar-refractivity contribution in [3.63, 3.8) is 0 Å². The summed E-state index contributed by atoms with van der Waals surface area (Å²) in [5.41, 5.74) is 3.79. The highest BCUT2D eigenvalue weighted by atomic mass is 16.3. The first kappa shape index (κ1) is 14.4. The first-order valence-corrected chi connectivity index (χ1v) is 7.14. The van der Waals surface area contributed by atoms with Gasteiger partial charge < -0.3 is 19.8 Å². The van der Waals surface area contributed by atoms with Gasteiger partial charge in [0.15, 0.2) is 0 Å². The van der Waals surface area contributed by atoms with Gasteiger partial charge in [-0.15, -0.1) is 0 Å². The molecule has 0 spiro atoms. The van der Waals surface area contributed by atoms with Crippen LogP contribution in [0.3, 0.4) is 0 Å². The van der Waals surface area contributed by atoms with Gasteiger partial charge in [-0.2, -0.15) is 0 Å². The van der Waals surface area contributed by atoms with Crippen LogP contribution >= 0.6 is 0 Å². The lowest BCUT2D eigenvalue weighted by atomic mass is 10.1. The third kappa shape index (κ3) is 2.51. The van der Waals surface area contributed by atoms with Crippen LogP contribution in [0, 0.1) is 13.8 Å². The lowest BCUT2D eigenvalue weighted by Crippen LogP contribution is -2.30. The molecule has 3 rings (SSSR count). The molecule has 5 nitrogen and oxygen atoms in total. The van der Waals surface area contributed by atoms with Crippen molar-refractivity contribution < 1.29 is 14.3 Å². The fourth-order valence-electron chi connectivity index (χ4n) is 2.54. The van der Waals surface area contributed by atoms with E-state index in [1.165, 1.54) is 6.26 Å². The van der Waals surface area contributed by atoms with Gasteiger partial charge in [-0.1, -0.05) is 0 Å². The van der Waals surface area contributed by atoms with E-state index >= 15 is 0 Å². The van der Waals surface area contributed by atoms with Crippen molar-refractivity contribution in [1.82, 2.24) is 10.3 Å². The second-order valence-corrected chi connectivity index (χ2v) is 5.36. The zero-order valence-corrected chi connectivity index (χ0v) is 12.5. The molecule has 0 aliphatic rings. The van der Waals surface area contributed by atoms with Gasteiger partial charge >= 0.3 is 0 Å². The van der Waals surface area contributed by atoms with Crippen molar-refractivity contribution in [2.45, 2.75) is 19.9 Å². The minimum absolute atomic E-state index is 0.218. The van der Waals surface area contributed by atoms with E-state index < -0.39 is 6.04 Å². The second kappa shape index (κ2) is 5.69. The van der Waals surface area contributed by atoms with Crippen LogP contribution in [-0.4, -0.2) is 22.6 Å². The molecule has 2 heterocycles. The van der Waals surface area contributed by atoms with E-state index in [4.69, 9.17) is 4.42 Å². The van der Waals surface area contributed by atoms with E-state index in [1.54, 1.807) is 18.2 Å². The highest BCUT2D eigenvalue weighted by Gasteiger charge is 2.18. The monoisotopic (exact) mass is 298 g/mol. The fourth-order valence-corrected chi connectivity index (χ4v) is 2.54. The molecule has 1 aromatic carbocycles. The molecule has 0 radical (unpaired) electrons. The number of carbonyl (C=O) groups is 1. The summed E-state index contributed by atoms with van der Waals surface area (Å²) in [4.78, 5) is 15.7. The summed E-state index contributed by atoms with van der Waals surface area (Å²) in [6.45, 7) is 3.81. The number of aromatic amines is 1. The fraction of sp³-hybridized carbons (Fsp3) is 0.235.